The average molecular weight is 399 g/mol. The van der Waals surface area contributed by atoms with Crippen LogP contribution in [0, 0.1) is 13.8 Å². The Morgan fingerprint density at radius 3 is 2.39 bits per heavy atom. The van der Waals surface area contributed by atoms with Crippen molar-refractivity contribution in [2.45, 2.75) is 38.3 Å². The van der Waals surface area contributed by atoms with E-state index in [1.54, 1.807) is 18.4 Å². The molecule has 3 aromatic rings. The molecule has 0 saturated carbocycles. The van der Waals surface area contributed by atoms with E-state index in [2.05, 4.69) is 42.8 Å². The normalized spacial score (nSPS) is 13.1. The van der Waals surface area contributed by atoms with Gasteiger partial charge in [0.15, 0.2) is 9.84 Å². The van der Waals surface area contributed by atoms with Crippen molar-refractivity contribution in [1.82, 2.24) is 9.88 Å². The Balaban J connectivity index is 1.72. The van der Waals surface area contributed by atoms with Crippen molar-refractivity contribution in [3.05, 3.63) is 71.1 Å². The van der Waals surface area contributed by atoms with E-state index in [1.165, 1.54) is 11.8 Å². The van der Waals surface area contributed by atoms with Crippen molar-refractivity contribution in [3.63, 3.8) is 0 Å². The number of hydrogen-bond donors (Lipinski definition) is 0. The Labute approximate surface area is 166 Å². The van der Waals surface area contributed by atoms with E-state index in [9.17, 15) is 8.42 Å². The van der Waals surface area contributed by atoms with Crippen molar-refractivity contribution in [1.29, 1.82) is 0 Å². The second kappa shape index (κ2) is 7.89. The zero-order valence-electron chi connectivity index (χ0n) is 16.9. The fourth-order valence-electron chi connectivity index (χ4n) is 3.20. The van der Waals surface area contributed by atoms with Gasteiger partial charge < -0.3 is 4.42 Å². The Kier molecular flexibility index (Phi) is 5.72. The van der Waals surface area contributed by atoms with Crippen LogP contribution in [0.4, 0.5) is 0 Å². The van der Waals surface area contributed by atoms with Crippen LogP contribution in [-0.4, -0.2) is 31.6 Å². The number of aryl methyl sites for hydroxylation is 2. The van der Waals surface area contributed by atoms with E-state index in [4.69, 9.17) is 4.42 Å². The molecule has 0 bridgehead atoms. The summed E-state index contributed by atoms with van der Waals surface area (Å²) in [6, 6.07) is 13.4. The molecule has 0 spiro atoms. The Hall–Kier alpha value is -2.44. The number of oxazole rings is 1. The topological polar surface area (TPSA) is 63.4 Å². The molecule has 0 aliphatic rings. The van der Waals surface area contributed by atoms with Crippen LogP contribution in [0.1, 0.15) is 35.3 Å². The molecule has 3 rings (SSSR count). The van der Waals surface area contributed by atoms with E-state index in [1.807, 2.05) is 25.2 Å². The van der Waals surface area contributed by atoms with Crippen LogP contribution >= 0.6 is 0 Å². The van der Waals surface area contributed by atoms with Crippen LogP contribution in [0.25, 0.3) is 11.5 Å². The minimum absolute atomic E-state index is 0.106. The molecule has 1 atom stereocenters. The van der Waals surface area contributed by atoms with Crippen molar-refractivity contribution < 1.29 is 12.8 Å². The predicted molar refractivity (Wildman–Crippen MR) is 111 cm³/mol. The maximum Gasteiger partial charge on any atom is 0.226 e. The molecule has 5 nitrogen and oxygen atoms in total. The first-order valence-electron chi connectivity index (χ1n) is 9.17. The van der Waals surface area contributed by atoms with E-state index in [0.29, 0.717) is 17.3 Å². The second-order valence-corrected chi connectivity index (χ2v) is 9.41. The van der Waals surface area contributed by atoms with Gasteiger partial charge in [0.25, 0.3) is 0 Å². The first-order valence-corrected chi connectivity index (χ1v) is 11.1. The number of aromatic nitrogens is 1. The van der Waals surface area contributed by atoms with Crippen molar-refractivity contribution in [2.75, 3.05) is 13.3 Å². The smallest absolute Gasteiger partial charge is 0.226 e. The highest BCUT2D eigenvalue weighted by atomic mass is 32.2. The lowest BCUT2D eigenvalue weighted by atomic mass is 10.1. The second-order valence-electron chi connectivity index (χ2n) is 7.39. The van der Waals surface area contributed by atoms with Gasteiger partial charge in [-0.3, -0.25) is 4.90 Å². The molecule has 6 heteroatoms. The van der Waals surface area contributed by atoms with Crippen LogP contribution in [0.5, 0.6) is 0 Å². The van der Waals surface area contributed by atoms with E-state index in [0.717, 1.165) is 22.4 Å². The molecule has 1 aromatic heterocycles. The zero-order valence-corrected chi connectivity index (χ0v) is 17.7. The number of rotatable bonds is 6. The largest absolute Gasteiger partial charge is 0.444 e. The van der Waals surface area contributed by atoms with E-state index in [-0.39, 0.29) is 6.04 Å². The summed E-state index contributed by atoms with van der Waals surface area (Å²) >= 11 is 0. The third kappa shape index (κ3) is 4.51. The summed E-state index contributed by atoms with van der Waals surface area (Å²) in [6.45, 7) is 6.83. The van der Waals surface area contributed by atoms with Gasteiger partial charge >= 0.3 is 0 Å². The Bertz CT molecular complexity index is 1070. The van der Waals surface area contributed by atoms with Crippen molar-refractivity contribution in [3.8, 4) is 11.5 Å². The molecule has 0 fully saturated rings. The molecule has 0 amide bonds. The highest BCUT2D eigenvalue weighted by Crippen LogP contribution is 2.26. The van der Waals surface area contributed by atoms with Crippen LogP contribution in [0.2, 0.25) is 0 Å². The van der Waals surface area contributed by atoms with E-state index < -0.39 is 9.84 Å². The summed E-state index contributed by atoms with van der Waals surface area (Å²) < 4.78 is 29.0. The lowest BCUT2D eigenvalue weighted by Crippen LogP contribution is -2.22. The quantitative estimate of drug-likeness (QED) is 0.609. The summed E-state index contributed by atoms with van der Waals surface area (Å²) in [4.78, 5) is 7.13. The monoisotopic (exact) mass is 398 g/mol. The Morgan fingerprint density at radius 2 is 1.79 bits per heavy atom. The molecule has 2 aromatic carbocycles. The van der Waals surface area contributed by atoms with Gasteiger partial charge in [0.05, 0.1) is 10.6 Å². The maximum absolute atomic E-state index is 11.6. The van der Waals surface area contributed by atoms with Gasteiger partial charge in [-0.2, -0.15) is 0 Å². The third-order valence-electron chi connectivity index (χ3n) is 5.03. The average Bonchev–Trinajstić information content (AvgIpc) is 3.08. The van der Waals surface area contributed by atoms with Gasteiger partial charge in [-0.25, -0.2) is 13.4 Å². The van der Waals surface area contributed by atoms with Crippen LogP contribution < -0.4 is 0 Å². The molecule has 28 heavy (non-hydrogen) atoms. The van der Waals surface area contributed by atoms with Crippen LogP contribution in [0.15, 0.2) is 58.0 Å². The number of hydrogen-bond acceptors (Lipinski definition) is 5. The summed E-state index contributed by atoms with van der Waals surface area (Å²) in [5.74, 6) is 0.631. The number of nitrogens with zero attached hydrogens (tertiary/aromatic N) is 2. The van der Waals surface area contributed by atoms with E-state index >= 15 is 0 Å². The van der Waals surface area contributed by atoms with Gasteiger partial charge in [0.2, 0.25) is 5.89 Å². The zero-order chi connectivity index (χ0) is 20.5. The lowest BCUT2D eigenvalue weighted by Gasteiger charge is -2.24. The van der Waals surface area contributed by atoms with Gasteiger partial charge in [0, 0.05) is 24.4 Å². The first kappa shape index (κ1) is 20.3. The molecule has 1 unspecified atom stereocenters. The fraction of sp³-hybridized carbons (Fsp3) is 0.318. The Morgan fingerprint density at radius 1 is 1.11 bits per heavy atom. The molecule has 148 valence electrons. The number of benzene rings is 2. The minimum Gasteiger partial charge on any atom is -0.444 e. The first-order chi connectivity index (χ1) is 13.1. The molecule has 0 N–H and O–H groups in total. The summed E-state index contributed by atoms with van der Waals surface area (Å²) in [7, 11) is -1.17. The maximum atomic E-state index is 11.6. The van der Waals surface area contributed by atoms with Crippen molar-refractivity contribution in [2.24, 2.45) is 0 Å². The van der Waals surface area contributed by atoms with Gasteiger partial charge in [-0.1, -0.05) is 29.8 Å². The van der Waals surface area contributed by atoms with Gasteiger partial charge in [-0.05, 0) is 57.1 Å². The fourth-order valence-corrected chi connectivity index (χ4v) is 3.83. The number of sulfone groups is 1. The summed E-state index contributed by atoms with van der Waals surface area (Å²) in [5, 5.41) is 0. The minimum atomic E-state index is -3.18. The van der Waals surface area contributed by atoms with Gasteiger partial charge in [0.1, 0.15) is 6.26 Å². The van der Waals surface area contributed by atoms with Crippen LogP contribution in [-0.2, 0) is 16.4 Å². The summed E-state index contributed by atoms with van der Waals surface area (Å²) in [5.41, 5.74) is 5.26. The SMILES string of the molecule is Cc1ccc(-c2nc(CN(C)C(C)c3ccc(S(C)(=O)=O)cc3)co2)c(C)c1. The lowest BCUT2D eigenvalue weighted by molar-refractivity contribution is 0.250. The van der Waals surface area contributed by atoms with Gasteiger partial charge in [-0.15, -0.1) is 0 Å². The molecular formula is C22H26N2O3S. The summed E-state index contributed by atoms with van der Waals surface area (Å²) in [6.07, 6.45) is 2.92. The molecule has 0 saturated heterocycles. The molecular weight excluding hydrogens is 372 g/mol. The molecule has 0 aliphatic carbocycles. The molecule has 0 aliphatic heterocycles. The molecule has 1 heterocycles. The highest BCUT2D eigenvalue weighted by molar-refractivity contribution is 7.90. The third-order valence-corrected chi connectivity index (χ3v) is 6.16. The van der Waals surface area contributed by atoms with Crippen molar-refractivity contribution >= 4 is 9.84 Å². The molecule has 0 radical (unpaired) electrons. The standard InChI is InChI=1S/C22H26N2O3S/c1-15-6-11-21(16(2)12-15)22-23-19(14-27-22)13-24(4)17(3)18-7-9-20(10-8-18)28(5,25)26/h6-12,14,17H,13H2,1-5H3. The van der Waals surface area contributed by atoms with Crippen LogP contribution in [0.3, 0.4) is 0 Å². The predicted octanol–water partition coefficient (Wildman–Crippen LogP) is 4.55. The highest BCUT2D eigenvalue weighted by Gasteiger charge is 2.16.